The number of hydrogen-bond donors (Lipinski definition) is 2. The number of alkyl halides is 3. The summed E-state index contributed by atoms with van der Waals surface area (Å²) in [5.74, 6) is -0.716. The van der Waals surface area contributed by atoms with Gasteiger partial charge in [0.1, 0.15) is 0 Å². The first-order chi connectivity index (χ1) is 13.2. The van der Waals surface area contributed by atoms with E-state index in [1.54, 1.807) is 26.0 Å². The Morgan fingerprint density at radius 2 is 1.96 bits per heavy atom. The number of amides is 1. The fourth-order valence-electron chi connectivity index (χ4n) is 2.94. The lowest BCUT2D eigenvalue weighted by atomic mass is 10.1. The lowest BCUT2D eigenvalue weighted by Crippen LogP contribution is -2.16. The number of aryl methyl sites for hydroxylation is 2. The molecule has 0 spiro atoms. The zero-order valence-corrected chi connectivity index (χ0v) is 15.2. The summed E-state index contributed by atoms with van der Waals surface area (Å²) in [6.07, 6.45) is -1.86. The van der Waals surface area contributed by atoms with E-state index in [1.807, 2.05) is 0 Å². The van der Waals surface area contributed by atoms with Crippen molar-refractivity contribution in [2.75, 3.05) is 5.32 Å². The molecule has 146 valence electrons. The first-order valence-electron chi connectivity index (χ1n) is 8.38. The molecule has 0 unspecified atom stereocenters. The molecule has 0 atom stereocenters. The molecule has 1 aromatic carbocycles. The number of benzene rings is 1. The second-order valence-corrected chi connectivity index (χ2v) is 6.32. The van der Waals surface area contributed by atoms with Crippen molar-refractivity contribution in [2.24, 2.45) is 5.73 Å². The minimum absolute atomic E-state index is 0.0324. The van der Waals surface area contributed by atoms with Crippen LogP contribution in [0.15, 0.2) is 42.7 Å². The Kier molecular flexibility index (Phi) is 5.08. The number of hydrogen-bond acceptors (Lipinski definition) is 4. The Labute approximate surface area is 159 Å². The molecule has 0 saturated carbocycles. The van der Waals surface area contributed by atoms with Crippen LogP contribution in [0.5, 0.6) is 0 Å². The summed E-state index contributed by atoms with van der Waals surface area (Å²) < 4.78 is 42.4. The van der Waals surface area contributed by atoms with E-state index in [0.717, 1.165) is 11.8 Å². The molecular formula is C19H18F3N5O. The minimum Gasteiger partial charge on any atom is -0.380 e. The average Bonchev–Trinajstić information content (AvgIpc) is 2.97. The third-order valence-corrected chi connectivity index (χ3v) is 4.21. The molecule has 6 nitrogen and oxygen atoms in total. The molecule has 28 heavy (non-hydrogen) atoms. The van der Waals surface area contributed by atoms with Gasteiger partial charge in [-0.2, -0.15) is 18.3 Å². The molecule has 2 heterocycles. The molecule has 0 aliphatic rings. The van der Waals surface area contributed by atoms with Crippen LogP contribution in [0, 0.1) is 13.8 Å². The van der Waals surface area contributed by atoms with Crippen molar-refractivity contribution in [3.8, 4) is 5.69 Å². The van der Waals surface area contributed by atoms with Crippen molar-refractivity contribution in [1.82, 2.24) is 14.8 Å². The van der Waals surface area contributed by atoms with Gasteiger partial charge < -0.3 is 11.1 Å². The zero-order chi connectivity index (χ0) is 20.5. The lowest BCUT2D eigenvalue weighted by molar-refractivity contribution is -0.138. The van der Waals surface area contributed by atoms with Gasteiger partial charge >= 0.3 is 6.18 Å². The van der Waals surface area contributed by atoms with Gasteiger partial charge in [0.2, 0.25) is 0 Å². The maximum atomic E-state index is 13.6. The third-order valence-electron chi connectivity index (χ3n) is 4.21. The van der Waals surface area contributed by atoms with Crippen LogP contribution >= 0.6 is 0 Å². The molecule has 3 rings (SSSR count). The van der Waals surface area contributed by atoms with E-state index in [1.165, 1.54) is 29.2 Å². The SMILES string of the molecule is Cc1cc(C)n(-c2ccc(CNc3ccncc3C(N)=O)c(C(F)(F)F)c2)n1. The van der Waals surface area contributed by atoms with Crippen molar-refractivity contribution in [1.29, 1.82) is 0 Å². The number of aromatic nitrogens is 3. The van der Waals surface area contributed by atoms with Gasteiger partial charge in [0, 0.05) is 24.6 Å². The van der Waals surface area contributed by atoms with Gasteiger partial charge in [-0.3, -0.25) is 9.78 Å². The van der Waals surface area contributed by atoms with Crippen molar-refractivity contribution in [3.05, 3.63) is 70.8 Å². The highest BCUT2D eigenvalue weighted by molar-refractivity contribution is 5.98. The van der Waals surface area contributed by atoms with Crippen LogP contribution in [0.3, 0.4) is 0 Å². The van der Waals surface area contributed by atoms with Gasteiger partial charge in [-0.25, -0.2) is 4.68 Å². The number of nitrogens with two attached hydrogens (primary N) is 1. The largest absolute Gasteiger partial charge is 0.416 e. The molecule has 3 N–H and O–H groups in total. The summed E-state index contributed by atoms with van der Waals surface area (Å²) in [7, 11) is 0. The standard InChI is InChI=1S/C19H18F3N5O/c1-11-7-12(2)27(26-11)14-4-3-13(16(8-14)19(20,21)22)9-25-17-5-6-24-10-15(17)18(23)28/h3-8,10H,9H2,1-2H3,(H2,23,28)(H,24,25). The summed E-state index contributed by atoms with van der Waals surface area (Å²) >= 11 is 0. The van der Waals surface area contributed by atoms with Crippen LogP contribution in [0.25, 0.3) is 5.69 Å². The molecule has 0 radical (unpaired) electrons. The molecule has 1 amide bonds. The molecule has 3 aromatic rings. The van der Waals surface area contributed by atoms with E-state index in [0.29, 0.717) is 17.1 Å². The van der Waals surface area contributed by atoms with Gasteiger partial charge in [0.05, 0.1) is 28.2 Å². The first kappa shape index (κ1) is 19.4. The second-order valence-electron chi connectivity index (χ2n) is 6.32. The highest BCUT2D eigenvalue weighted by atomic mass is 19.4. The van der Waals surface area contributed by atoms with Gasteiger partial charge in [0.15, 0.2) is 0 Å². The number of nitrogens with zero attached hydrogens (tertiary/aromatic N) is 3. The van der Waals surface area contributed by atoms with Gasteiger partial charge in [-0.15, -0.1) is 0 Å². The normalized spacial score (nSPS) is 11.5. The number of rotatable bonds is 5. The third kappa shape index (κ3) is 3.98. The summed E-state index contributed by atoms with van der Waals surface area (Å²) in [6.45, 7) is 3.41. The molecule has 0 aliphatic heterocycles. The highest BCUT2D eigenvalue weighted by Crippen LogP contribution is 2.34. The number of carbonyl (C=O) groups is 1. The number of halogens is 3. The van der Waals surface area contributed by atoms with Gasteiger partial charge in [-0.05, 0) is 43.7 Å². The van der Waals surface area contributed by atoms with Crippen molar-refractivity contribution in [3.63, 3.8) is 0 Å². The molecule has 9 heteroatoms. The molecular weight excluding hydrogens is 371 g/mol. The minimum atomic E-state index is -4.55. The number of pyridine rings is 1. The van der Waals surface area contributed by atoms with E-state index in [-0.39, 0.29) is 17.7 Å². The van der Waals surface area contributed by atoms with Gasteiger partial charge in [-0.1, -0.05) is 6.07 Å². The van der Waals surface area contributed by atoms with E-state index >= 15 is 0 Å². The smallest absolute Gasteiger partial charge is 0.380 e. The van der Waals surface area contributed by atoms with Gasteiger partial charge in [0.25, 0.3) is 5.91 Å². The van der Waals surface area contributed by atoms with E-state index in [9.17, 15) is 18.0 Å². The number of primary amides is 1. The molecule has 0 saturated heterocycles. The summed E-state index contributed by atoms with van der Waals surface area (Å²) in [4.78, 5) is 15.3. The topological polar surface area (TPSA) is 85.8 Å². The number of anilines is 1. The van der Waals surface area contributed by atoms with E-state index < -0.39 is 17.6 Å². The summed E-state index contributed by atoms with van der Waals surface area (Å²) in [6, 6.07) is 7.31. The predicted molar refractivity (Wildman–Crippen MR) is 98.1 cm³/mol. The summed E-state index contributed by atoms with van der Waals surface area (Å²) in [5, 5.41) is 7.07. The molecule has 0 bridgehead atoms. The highest BCUT2D eigenvalue weighted by Gasteiger charge is 2.34. The quantitative estimate of drug-likeness (QED) is 0.698. The van der Waals surface area contributed by atoms with E-state index in [4.69, 9.17) is 5.73 Å². The monoisotopic (exact) mass is 389 g/mol. The Morgan fingerprint density at radius 1 is 1.21 bits per heavy atom. The predicted octanol–water partition coefficient (Wildman–Crippen LogP) is 3.61. The maximum absolute atomic E-state index is 13.6. The first-order valence-corrected chi connectivity index (χ1v) is 8.38. The Hall–Kier alpha value is -3.36. The Balaban J connectivity index is 1.95. The van der Waals surface area contributed by atoms with Crippen LogP contribution in [-0.4, -0.2) is 20.7 Å². The Bertz CT molecular complexity index is 1030. The fourth-order valence-corrected chi connectivity index (χ4v) is 2.94. The maximum Gasteiger partial charge on any atom is 0.416 e. The lowest BCUT2D eigenvalue weighted by Gasteiger charge is -2.17. The number of nitrogens with one attached hydrogen (secondary N) is 1. The van der Waals surface area contributed by atoms with E-state index in [2.05, 4.69) is 15.4 Å². The van der Waals surface area contributed by atoms with Crippen molar-refractivity contribution < 1.29 is 18.0 Å². The average molecular weight is 389 g/mol. The molecule has 0 aliphatic carbocycles. The zero-order valence-electron chi connectivity index (χ0n) is 15.2. The van der Waals surface area contributed by atoms with Crippen LogP contribution < -0.4 is 11.1 Å². The Morgan fingerprint density at radius 3 is 2.57 bits per heavy atom. The second kappa shape index (κ2) is 7.34. The van der Waals surface area contributed by atoms with Crippen molar-refractivity contribution in [2.45, 2.75) is 26.6 Å². The van der Waals surface area contributed by atoms with Crippen molar-refractivity contribution >= 4 is 11.6 Å². The summed E-state index contributed by atoms with van der Waals surface area (Å²) in [5.41, 5.74) is 6.73. The van der Waals surface area contributed by atoms with Crippen LogP contribution in [0.2, 0.25) is 0 Å². The molecule has 0 fully saturated rings. The van der Waals surface area contributed by atoms with Crippen LogP contribution in [0.4, 0.5) is 18.9 Å². The fraction of sp³-hybridized carbons (Fsp3) is 0.211. The van der Waals surface area contributed by atoms with Crippen LogP contribution in [-0.2, 0) is 12.7 Å². The van der Waals surface area contributed by atoms with Crippen LogP contribution in [0.1, 0.15) is 32.9 Å². The number of carbonyl (C=O) groups excluding carboxylic acids is 1. The molecule has 2 aromatic heterocycles.